The third-order valence-corrected chi connectivity index (χ3v) is 4.99. The number of anilines is 1. The molecule has 2 heterocycles. The third-order valence-electron chi connectivity index (χ3n) is 4.99. The van der Waals surface area contributed by atoms with Crippen LogP contribution in [0.2, 0.25) is 0 Å². The minimum absolute atomic E-state index is 0.00454. The van der Waals surface area contributed by atoms with Gasteiger partial charge in [-0.05, 0) is 37.6 Å². The van der Waals surface area contributed by atoms with Crippen LogP contribution in [0.1, 0.15) is 30.2 Å². The number of carboxylic acid groups (broad SMARTS) is 1. The largest absolute Gasteiger partial charge is 0.478 e. The van der Waals surface area contributed by atoms with E-state index >= 15 is 0 Å². The molecule has 3 N–H and O–H groups in total. The van der Waals surface area contributed by atoms with E-state index in [4.69, 9.17) is 10.5 Å². The average Bonchev–Trinajstić information content (AvgIpc) is 3.15. The van der Waals surface area contributed by atoms with Crippen molar-refractivity contribution in [2.45, 2.75) is 19.9 Å². The molecule has 0 aliphatic rings. The van der Waals surface area contributed by atoms with Crippen LogP contribution in [0.3, 0.4) is 0 Å². The summed E-state index contributed by atoms with van der Waals surface area (Å²) in [6.45, 7) is 4.09. The molecular weight excluding hydrogens is 414 g/mol. The van der Waals surface area contributed by atoms with E-state index in [0.717, 1.165) is 28.2 Å². The van der Waals surface area contributed by atoms with Crippen molar-refractivity contribution in [2.75, 3.05) is 5.73 Å². The first-order valence-electron chi connectivity index (χ1n) is 9.67. The molecule has 0 amide bonds. The Labute approximate surface area is 182 Å². The lowest BCUT2D eigenvalue weighted by Crippen LogP contribution is -2.01. The number of hydrogen-bond acceptors (Lipinski definition) is 7. The molecule has 0 atom stereocenters. The standard InChI is InChI=1S/C22H19N5O5/c1-12(2)26-10-17(19-20(23)24-11-25-21(19)26)13-3-6-15(7-4-13)32-18-8-5-14(27(30)31)9-16(18)22(28)29/h3-12H,1-2H3,(H,28,29)(H2,23,24,25). The van der Waals surface area contributed by atoms with E-state index in [-0.39, 0.29) is 23.0 Å². The number of nitrogens with zero attached hydrogens (tertiary/aromatic N) is 4. The van der Waals surface area contributed by atoms with Gasteiger partial charge in [-0.2, -0.15) is 0 Å². The van der Waals surface area contributed by atoms with Gasteiger partial charge in [-0.15, -0.1) is 0 Å². The molecule has 4 aromatic rings. The number of nitrogen functional groups attached to an aromatic ring is 1. The topological polar surface area (TPSA) is 146 Å². The Bertz CT molecular complexity index is 1350. The van der Waals surface area contributed by atoms with Crippen molar-refractivity contribution in [2.24, 2.45) is 0 Å². The molecule has 10 heteroatoms. The van der Waals surface area contributed by atoms with Crippen LogP contribution in [0, 0.1) is 10.1 Å². The molecule has 2 aromatic heterocycles. The van der Waals surface area contributed by atoms with Crippen molar-refractivity contribution in [3.63, 3.8) is 0 Å². The zero-order chi connectivity index (χ0) is 23.0. The molecule has 10 nitrogen and oxygen atoms in total. The lowest BCUT2D eigenvalue weighted by Gasteiger charge is -2.09. The first-order valence-corrected chi connectivity index (χ1v) is 9.67. The number of carboxylic acids is 1. The number of benzene rings is 2. The second kappa shape index (κ2) is 7.99. The fourth-order valence-electron chi connectivity index (χ4n) is 3.44. The quantitative estimate of drug-likeness (QED) is 0.330. The van der Waals surface area contributed by atoms with Gasteiger partial charge in [0.1, 0.15) is 34.9 Å². The number of aromatic carboxylic acids is 1. The molecule has 32 heavy (non-hydrogen) atoms. The highest BCUT2D eigenvalue weighted by atomic mass is 16.6. The Balaban J connectivity index is 1.70. The minimum atomic E-state index is -1.32. The zero-order valence-corrected chi connectivity index (χ0v) is 17.2. The van der Waals surface area contributed by atoms with Crippen LogP contribution < -0.4 is 10.5 Å². The highest BCUT2D eigenvalue weighted by Crippen LogP contribution is 2.36. The molecule has 0 unspecified atom stereocenters. The Kier molecular flexibility index (Phi) is 5.19. The average molecular weight is 433 g/mol. The number of nitrogens with two attached hydrogens (primary N) is 1. The fraction of sp³-hybridized carbons (Fsp3) is 0.136. The van der Waals surface area contributed by atoms with Crippen LogP contribution >= 0.6 is 0 Å². The summed E-state index contributed by atoms with van der Waals surface area (Å²) in [5, 5.41) is 21.1. The monoisotopic (exact) mass is 433 g/mol. The second-order valence-electron chi connectivity index (χ2n) is 7.37. The molecule has 4 rings (SSSR count). The van der Waals surface area contributed by atoms with Crippen molar-refractivity contribution in [1.29, 1.82) is 0 Å². The van der Waals surface area contributed by atoms with E-state index < -0.39 is 10.9 Å². The summed E-state index contributed by atoms with van der Waals surface area (Å²) in [5.74, 6) is -0.564. The van der Waals surface area contributed by atoms with Gasteiger partial charge in [-0.3, -0.25) is 10.1 Å². The van der Waals surface area contributed by atoms with Crippen LogP contribution in [-0.4, -0.2) is 30.5 Å². The van der Waals surface area contributed by atoms with E-state index in [1.165, 1.54) is 18.5 Å². The number of rotatable bonds is 6. The smallest absolute Gasteiger partial charge is 0.339 e. The highest BCUT2D eigenvalue weighted by molar-refractivity contribution is 6.00. The summed E-state index contributed by atoms with van der Waals surface area (Å²) in [6.07, 6.45) is 3.40. The summed E-state index contributed by atoms with van der Waals surface area (Å²) in [5.41, 5.74) is 7.95. The maximum Gasteiger partial charge on any atom is 0.339 e. The molecule has 0 aliphatic carbocycles. The summed E-state index contributed by atoms with van der Waals surface area (Å²) in [7, 11) is 0. The predicted molar refractivity (Wildman–Crippen MR) is 118 cm³/mol. The summed E-state index contributed by atoms with van der Waals surface area (Å²) in [6, 6.07) is 10.6. The van der Waals surface area contributed by atoms with Crippen LogP contribution in [0.15, 0.2) is 55.0 Å². The summed E-state index contributed by atoms with van der Waals surface area (Å²) >= 11 is 0. The van der Waals surface area contributed by atoms with Gasteiger partial charge in [-0.25, -0.2) is 14.8 Å². The molecule has 0 bridgehead atoms. The fourth-order valence-corrected chi connectivity index (χ4v) is 3.44. The van der Waals surface area contributed by atoms with Crippen molar-refractivity contribution in [1.82, 2.24) is 14.5 Å². The van der Waals surface area contributed by atoms with Gasteiger partial charge < -0.3 is 20.1 Å². The molecule has 0 saturated heterocycles. The van der Waals surface area contributed by atoms with Gasteiger partial charge in [0.2, 0.25) is 0 Å². The van der Waals surface area contributed by atoms with Crippen molar-refractivity contribution in [3.05, 3.63) is 70.7 Å². The van der Waals surface area contributed by atoms with Crippen molar-refractivity contribution in [3.8, 4) is 22.6 Å². The van der Waals surface area contributed by atoms with E-state index in [9.17, 15) is 20.0 Å². The SMILES string of the molecule is CC(C)n1cc(-c2ccc(Oc3ccc([N+](=O)[O-])cc3C(=O)O)cc2)c2c(N)ncnc21. The van der Waals surface area contributed by atoms with Crippen molar-refractivity contribution < 1.29 is 19.6 Å². The van der Waals surface area contributed by atoms with Crippen LogP contribution in [0.5, 0.6) is 11.5 Å². The van der Waals surface area contributed by atoms with E-state index in [2.05, 4.69) is 9.97 Å². The minimum Gasteiger partial charge on any atom is -0.478 e. The Hall–Kier alpha value is -4.47. The lowest BCUT2D eigenvalue weighted by molar-refractivity contribution is -0.384. The maximum atomic E-state index is 11.5. The van der Waals surface area contributed by atoms with Crippen LogP contribution in [0.4, 0.5) is 11.5 Å². The number of nitro groups is 1. The molecule has 0 aliphatic heterocycles. The summed E-state index contributed by atoms with van der Waals surface area (Å²) in [4.78, 5) is 30.3. The predicted octanol–water partition coefficient (Wildman–Crippen LogP) is 4.66. The number of ether oxygens (including phenoxy) is 1. The van der Waals surface area contributed by atoms with Crippen LogP contribution in [-0.2, 0) is 0 Å². The Morgan fingerprint density at radius 3 is 2.53 bits per heavy atom. The first-order chi connectivity index (χ1) is 15.3. The molecule has 0 fully saturated rings. The van der Waals surface area contributed by atoms with Gasteiger partial charge >= 0.3 is 5.97 Å². The van der Waals surface area contributed by atoms with Gasteiger partial charge in [-0.1, -0.05) is 12.1 Å². The number of carbonyl (C=O) groups is 1. The molecular formula is C22H19N5O5. The molecule has 0 saturated carbocycles. The van der Waals surface area contributed by atoms with E-state index in [1.807, 2.05) is 36.7 Å². The van der Waals surface area contributed by atoms with Gasteiger partial charge in [0, 0.05) is 29.9 Å². The Morgan fingerprint density at radius 1 is 1.19 bits per heavy atom. The van der Waals surface area contributed by atoms with Crippen molar-refractivity contribution >= 4 is 28.5 Å². The van der Waals surface area contributed by atoms with Gasteiger partial charge in [0.15, 0.2) is 0 Å². The van der Waals surface area contributed by atoms with E-state index in [0.29, 0.717) is 11.6 Å². The number of nitro benzene ring substituents is 1. The first kappa shape index (κ1) is 20.8. The normalized spacial score (nSPS) is 11.1. The zero-order valence-electron chi connectivity index (χ0n) is 17.2. The van der Waals surface area contributed by atoms with Crippen LogP contribution in [0.25, 0.3) is 22.2 Å². The molecule has 0 spiro atoms. The number of non-ortho nitro benzene ring substituents is 1. The molecule has 0 radical (unpaired) electrons. The Morgan fingerprint density at radius 2 is 1.91 bits per heavy atom. The van der Waals surface area contributed by atoms with E-state index in [1.54, 1.807) is 12.1 Å². The summed E-state index contributed by atoms with van der Waals surface area (Å²) < 4.78 is 7.71. The maximum absolute atomic E-state index is 11.5. The third kappa shape index (κ3) is 3.69. The lowest BCUT2D eigenvalue weighted by atomic mass is 10.1. The molecule has 162 valence electrons. The number of fused-ring (bicyclic) bond motifs is 1. The van der Waals surface area contributed by atoms with Gasteiger partial charge in [0.05, 0.1) is 10.3 Å². The molecule has 2 aromatic carbocycles. The number of hydrogen-bond donors (Lipinski definition) is 2. The highest BCUT2D eigenvalue weighted by Gasteiger charge is 2.19. The van der Waals surface area contributed by atoms with Gasteiger partial charge in [0.25, 0.3) is 5.69 Å². The second-order valence-corrected chi connectivity index (χ2v) is 7.37. The number of aromatic nitrogens is 3.